The monoisotopic (exact) mass is 511 g/mol. The van der Waals surface area contributed by atoms with Gasteiger partial charge in [-0.05, 0) is 69.3 Å². The lowest BCUT2D eigenvalue weighted by molar-refractivity contribution is -0.161. The number of halogens is 1. The highest BCUT2D eigenvalue weighted by Gasteiger charge is 2.66. The van der Waals surface area contributed by atoms with E-state index in [1.54, 1.807) is 0 Å². The summed E-state index contributed by atoms with van der Waals surface area (Å²) in [7, 11) is -3.96. The Morgan fingerprint density at radius 2 is 1.51 bits per heavy atom. The number of methoxy groups -OCH3 is 1. The molecule has 12 heteroatoms. The van der Waals surface area contributed by atoms with Gasteiger partial charge in [0.05, 0.1) is 25.2 Å². The van der Waals surface area contributed by atoms with Gasteiger partial charge in [0.25, 0.3) is 0 Å². The molecule has 0 aromatic heterocycles. The van der Waals surface area contributed by atoms with Crippen molar-refractivity contribution in [3.63, 3.8) is 0 Å². The number of ether oxygens (including phenoxy) is 3. The lowest BCUT2D eigenvalue weighted by atomic mass is 9.83. The molecule has 0 bridgehead atoms. The second-order valence-electron chi connectivity index (χ2n) is 7.79. The number of rotatable bonds is 11. The number of sulfone groups is 1. The summed E-state index contributed by atoms with van der Waals surface area (Å²) in [5, 5.41) is 12.2. The molecule has 0 heterocycles. The van der Waals surface area contributed by atoms with Crippen molar-refractivity contribution < 1.29 is 46.5 Å². The zero-order valence-corrected chi connectivity index (χ0v) is 20.3. The van der Waals surface area contributed by atoms with Crippen LogP contribution in [0.25, 0.3) is 0 Å². The number of esters is 2. The summed E-state index contributed by atoms with van der Waals surface area (Å²) in [6, 6.07) is 9.87. The van der Waals surface area contributed by atoms with Crippen LogP contribution in [0.5, 0.6) is 11.5 Å². The molecule has 2 N–H and O–H groups in total. The van der Waals surface area contributed by atoms with Crippen molar-refractivity contribution in [2.75, 3.05) is 20.3 Å². The van der Waals surface area contributed by atoms with E-state index in [4.69, 9.17) is 14.2 Å². The molecule has 35 heavy (non-hydrogen) atoms. The first kappa shape index (κ1) is 27.7. The SMILES string of the molecule is CCOC(=O)CN[C@](C(=O)OC)(C(C)(C)C(=O)O)S(=O)(=O)c1ccc(Oc2ccc(F)cc2)cc1. The maximum Gasteiger partial charge on any atom is 0.343 e. The number of carbonyl (C=O) groups excluding carboxylic acids is 2. The van der Waals surface area contributed by atoms with E-state index in [1.807, 2.05) is 0 Å². The van der Waals surface area contributed by atoms with E-state index in [-0.39, 0.29) is 18.1 Å². The molecule has 2 rings (SSSR count). The third kappa shape index (κ3) is 5.43. The number of benzene rings is 2. The van der Waals surface area contributed by atoms with E-state index in [2.05, 4.69) is 5.32 Å². The Labute approximate surface area is 201 Å². The van der Waals surface area contributed by atoms with E-state index in [9.17, 15) is 32.3 Å². The fourth-order valence-corrected chi connectivity index (χ4v) is 5.47. The van der Waals surface area contributed by atoms with Crippen LogP contribution in [0.3, 0.4) is 0 Å². The Balaban J connectivity index is 2.58. The summed E-state index contributed by atoms with van der Waals surface area (Å²) in [6.45, 7) is 2.77. The van der Waals surface area contributed by atoms with Crippen LogP contribution in [0.15, 0.2) is 53.4 Å². The van der Waals surface area contributed by atoms with E-state index < -0.39 is 55.3 Å². The Morgan fingerprint density at radius 1 is 1.00 bits per heavy atom. The van der Waals surface area contributed by atoms with Crippen LogP contribution in [0.2, 0.25) is 0 Å². The van der Waals surface area contributed by atoms with Crippen LogP contribution in [0, 0.1) is 11.2 Å². The second kappa shape index (κ2) is 10.8. The Bertz CT molecular complexity index is 1180. The molecule has 2 aromatic rings. The van der Waals surface area contributed by atoms with Gasteiger partial charge in [-0.1, -0.05) is 0 Å². The second-order valence-corrected chi connectivity index (χ2v) is 9.88. The number of aliphatic carboxylic acids is 1. The molecule has 0 radical (unpaired) electrons. The van der Waals surface area contributed by atoms with Crippen molar-refractivity contribution in [3.05, 3.63) is 54.3 Å². The molecule has 0 saturated heterocycles. The Hall–Kier alpha value is -3.51. The predicted molar refractivity (Wildman–Crippen MR) is 121 cm³/mol. The van der Waals surface area contributed by atoms with Gasteiger partial charge in [0, 0.05) is 0 Å². The lowest BCUT2D eigenvalue weighted by Crippen LogP contribution is -2.69. The summed E-state index contributed by atoms with van der Waals surface area (Å²) in [4.78, 5) is 33.7. The molecule has 0 aliphatic rings. The third-order valence-corrected chi connectivity index (χ3v) is 7.78. The number of hydrogen-bond donors (Lipinski definition) is 2. The first-order valence-electron chi connectivity index (χ1n) is 10.3. The molecular formula is C23H26FNO9S. The molecule has 0 aliphatic heterocycles. The van der Waals surface area contributed by atoms with Gasteiger partial charge < -0.3 is 19.3 Å². The van der Waals surface area contributed by atoms with Crippen LogP contribution in [-0.4, -0.2) is 56.6 Å². The Morgan fingerprint density at radius 3 is 1.97 bits per heavy atom. The number of carboxylic acids is 1. The van der Waals surface area contributed by atoms with Gasteiger partial charge in [-0.3, -0.25) is 14.9 Å². The molecule has 0 aliphatic carbocycles. The van der Waals surface area contributed by atoms with Crippen molar-refractivity contribution in [3.8, 4) is 11.5 Å². The maximum atomic E-state index is 13.8. The van der Waals surface area contributed by atoms with Crippen LogP contribution in [0.1, 0.15) is 20.8 Å². The normalized spacial score (nSPS) is 13.4. The molecule has 10 nitrogen and oxygen atoms in total. The third-order valence-electron chi connectivity index (χ3n) is 5.26. The summed E-state index contributed by atoms with van der Waals surface area (Å²) in [5.41, 5.74) is -2.31. The Kier molecular flexibility index (Phi) is 8.58. The molecule has 2 aromatic carbocycles. The van der Waals surface area contributed by atoms with Gasteiger partial charge in [0.1, 0.15) is 22.7 Å². The smallest absolute Gasteiger partial charge is 0.343 e. The zero-order chi connectivity index (χ0) is 26.4. The summed E-state index contributed by atoms with van der Waals surface area (Å²) in [5.74, 6) is -3.96. The quantitative estimate of drug-likeness (QED) is 0.432. The molecule has 0 amide bonds. The van der Waals surface area contributed by atoms with Crippen LogP contribution >= 0.6 is 0 Å². The zero-order valence-electron chi connectivity index (χ0n) is 19.5. The first-order valence-corrected chi connectivity index (χ1v) is 11.8. The molecule has 0 saturated carbocycles. The topological polar surface area (TPSA) is 145 Å². The van der Waals surface area contributed by atoms with Gasteiger partial charge in [-0.2, -0.15) is 0 Å². The average molecular weight is 512 g/mol. The minimum absolute atomic E-state index is 0.0175. The minimum Gasteiger partial charge on any atom is -0.481 e. The van der Waals surface area contributed by atoms with Crippen molar-refractivity contribution in [1.82, 2.24) is 5.32 Å². The van der Waals surface area contributed by atoms with Crippen molar-refractivity contribution in [2.45, 2.75) is 30.5 Å². The highest BCUT2D eigenvalue weighted by atomic mass is 32.2. The summed E-state index contributed by atoms with van der Waals surface area (Å²) < 4.78 is 55.8. The average Bonchev–Trinajstić information content (AvgIpc) is 2.80. The molecule has 0 spiro atoms. The van der Waals surface area contributed by atoms with E-state index in [0.29, 0.717) is 0 Å². The number of nitrogens with one attached hydrogen (secondary N) is 1. The summed E-state index contributed by atoms with van der Waals surface area (Å²) in [6.07, 6.45) is 0. The highest BCUT2D eigenvalue weighted by Crippen LogP contribution is 2.41. The van der Waals surface area contributed by atoms with Crippen LogP contribution in [-0.2, 0) is 33.7 Å². The minimum atomic E-state index is -4.86. The molecular weight excluding hydrogens is 485 g/mol. The lowest BCUT2D eigenvalue weighted by Gasteiger charge is -2.40. The molecule has 0 fully saturated rings. The standard InChI is InChI=1S/C23H26FNO9S/c1-5-33-19(26)14-25-23(21(29)32-4,22(2,3)20(27)28)35(30,31)18-12-10-17(11-13-18)34-16-8-6-15(24)7-9-16/h6-13,25H,5,14H2,1-4H3,(H,27,28)/t23-/m0/s1. The van der Waals surface area contributed by atoms with Crippen LogP contribution in [0.4, 0.5) is 4.39 Å². The largest absolute Gasteiger partial charge is 0.481 e. The fourth-order valence-electron chi connectivity index (χ4n) is 3.29. The van der Waals surface area contributed by atoms with E-state index >= 15 is 0 Å². The molecule has 0 unspecified atom stereocenters. The molecule has 1 atom stereocenters. The van der Waals surface area contributed by atoms with Gasteiger partial charge in [0.15, 0.2) is 0 Å². The van der Waals surface area contributed by atoms with Gasteiger partial charge in [0.2, 0.25) is 14.7 Å². The van der Waals surface area contributed by atoms with Gasteiger partial charge in [-0.25, -0.2) is 17.6 Å². The van der Waals surface area contributed by atoms with Crippen molar-refractivity contribution >= 4 is 27.7 Å². The van der Waals surface area contributed by atoms with E-state index in [1.165, 1.54) is 43.3 Å². The van der Waals surface area contributed by atoms with Gasteiger partial charge >= 0.3 is 17.9 Å². The number of hydrogen-bond acceptors (Lipinski definition) is 9. The first-order chi connectivity index (χ1) is 16.3. The van der Waals surface area contributed by atoms with Crippen molar-refractivity contribution in [2.24, 2.45) is 5.41 Å². The fraction of sp³-hybridized carbons (Fsp3) is 0.348. The van der Waals surface area contributed by atoms with Crippen LogP contribution < -0.4 is 10.1 Å². The summed E-state index contributed by atoms with van der Waals surface area (Å²) >= 11 is 0. The number of carboxylic acid groups (broad SMARTS) is 1. The van der Waals surface area contributed by atoms with E-state index in [0.717, 1.165) is 33.1 Å². The van der Waals surface area contributed by atoms with Crippen molar-refractivity contribution in [1.29, 1.82) is 0 Å². The maximum absolute atomic E-state index is 13.8. The highest BCUT2D eigenvalue weighted by molar-refractivity contribution is 7.93. The van der Waals surface area contributed by atoms with Gasteiger partial charge in [-0.15, -0.1) is 0 Å². The molecule has 190 valence electrons. The predicted octanol–water partition coefficient (Wildman–Crippen LogP) is 2.52. The number of carbonyl (C=O) groups is 3.